The van der Waals surface area contributed by atoms with Gasteiger partial charge >= 0.3 is 0 Å². The number of carbonyl (C=O) groups is 2. The average molecular weight is 412 g/mol. The van der Waals surface area contributed by atoms with Crippen molar-refractivity contribution < 1.29 is 14.3 Å². The van der Waals surface area contributed by atoms with E-state index in [1.54, 1.807) is 4.90 Å². The van der Waals surface area contributed by atoms with Gasteiger partial charge in [0.25, 0.3) is 5.91 Å². The number of nitrogens with one attached hydrogen (secondary N) is 1. The third-order valence-electron chi connectivity index (χ3n) is 6.84. The molecule has 3 aliphatic rings. The van der Waals surface area contributed by atoms with Crippen LogP contribution in [0.15, 0.2) is 30.5 Å². The predicted molar refractivity (Wildman–Crippen MR) is 116 cm³/mol. The number of nitrogens with zero attached hydrogens (tertiary/aromatic N) is 2. The molecule has 2 fully saturated rings. The highest BCUT2D eigenvalue weighted by atomic mass is 16.5. The van der Waals surface area contributed by atoms with E-state index >= 15 is 0 Å². The van der Waals surface area contributed by atoms with Gasteiger partial charge in [0.05, 0.1) is 0 Å². The standard InChI is InChI=1S/C24H33N3O3/c1-4-26(5-2)20-8-6-7-9-22(20)30-18-11-12-19-17(14-18)15-27(24(19)29)21-13-10-16(3)25-23(21)28/h11-12,14,20-22H,3-10,13,15H2,1-2H3,(H,25,28)/t20-,21?,22-/m0/s1. The summed E-state index contributed by atoms with van der Waals surface area (Å²) in [7, 11) is 0. The van der Waals surface area contributed by atoms with E-state index in [0.717, 1.165) is 36.5 Å². The number of likely N-dealkylation sites (N-methyl/N-ethyl adjacent to an activating group) is 1. The van der Waals surface area contributed by atoms with Crippen LogP contribution in [0, 0.1) is 0 Å². The Morgan fingerprint density at radius 1 is 1.17 bits per heavy atom. The molecule has 1 saturated carbocycles. The lowest BCUT2D eigenvalue weighted by atomic mass is 9.91. The van der Waals surface area contributed by atoms with Crippen LogP contribution >= 0.6 is 0 Å². The predicted octanol–water partition coefficient (Wildman–Crippen LogP) is 3.47. The molecule has 30 heavy (non-hydrogen) atoms. The smallest absolute Gasteiger partial charge is 0.255 e. The number of amides is 2. The van der Waals surface area contributed by atoms with Crippen LogP contribution in [0.5, 0.6) is 5.75 Å². The van der Waals surface area contributed by atoms with Crippen LogP contribution in [0.4, 0.5) is 0 Å². The van der Waals surface area contributed by atoms with Crippen molar-refractivity contribution in [2.24, 2.45) is 0 Å². The van der Waals surface area contributed by atoms with Crippen LogP contribution in [0.1, 0.15) is 68.3 Å². The quantitative estimate of drug-likeness (QED) is 0.779. The first-order valence-electron chi connectivity index (χ1n) is 11.3. The Hall–Kier alpha value is -2.34. The minimum atomic E-state index is -0.426. The van der Waals surface area contributed by atoms with E-state index in [9.17, 15) is 9.59 Å². The Morgan fingerprint density at radius 2 is 1.93 bits per heavy atom. The number of allylic oxidation sites excluding steroid dienone is 1. The Morgan fingerprint density at radius 3 is 2.67 bits per heavy atom. The van der Waals surface area contributed by atoms with Crippen molar-refractivity contribution in [2.45, 2.75) is 77.1 Å². The van der Waals surface area contributed by atoms with Gasteiger partial charge in [-0.2, -0.15) is 0 Å². The molecule has 2 heterocycles. The molecule has 3 atom stereocenters. The summed E-state index contributed by atoms with van der Waals surface area (Å²) < 4.78 is 6.47. The van der Waals surface area contributed by atoms with Gasteiger partial charge < -0.3 is 15.0 Å². The lowest BCUT2D eigenvalue weighted by Gasteiger charge is -2.39. The summed E-state index contributed by atoms with van der Waals surface area (Å²) >= 11 is 0. The van der Waals surface area contributed by atoms with E-state index in [2.05, 4.69) is 30.6 Å². The fourth-order valence-electron chi connectivity index (χ4n) is 5.20. The molecule has 0 aromatic heterocycles. The third-order valence-corrected chi connectivity index (χ3v) is 6.84. The molecular formula is C24H33N3O3. The Balaban J connectivity index is 1.48. The van der Waals surface area contributed by atoms with Crippen molar-refractivity contribution >= 4 is 11.8 Å². The van der Waals surface area contributed by atoms with Crippen LogP contribution in [-0.2, 0) is 11.3 Å². The zero-order valence-electron chi connectivity index (χ0n) is 18.2. The van der Waals surface area contributed by atoms with E-state index in [1.807, 2.05) is 18.2 Å². The molecular weight excluding hydrogens is 378 g/mol. The van der Waals surface area contributed by atoms with Gasteiger partial charge in [0.1, 0.15) is 17.9 Å². The van der Waals surface area contributed by atoms with Gasteiger partial charge in [0.2, 0.25) is 5.91 Å². The molecule has 0 bridgehead atoms. The molecule has 162 valence electrons. The van der Waals surface area contributed by atoms with Crippen LogP contribution < -0.4 is 10.1 Å². The molecule has 1 aromatic rings. The second kappa shape index (κ2) is 8.80. The zero-order valence-corrected chi connectivity index (χ0v) is 18.2. The van der Waals surface area contributed by atoms with Crippen molar-refractivity contribution in [2.75, 3.05) is 13.1 Å². The highest BCUT2D eigenvalue weighted by Gasteiger charge is 2.38. The molecule has 0 spiro atoms. The summed E-state index contributed by atoms with van der Waals surface area (Å²) in [6, 6.07) is 5.80. The molecule has 6 nitrogen and oxygen atoms in total. The second-order valence-electron chi connectivity index (χ2n) is 8.63. The lowest BCUT2D eigenvalue weighted by Crippen LogP contribution is -2.49. The number of ether oxygens (including phenoxy) is 1. The molecule has 1 unspecified atom stereocenters. The Labute approximate surface area is 179 Å². The van der Waals surface area contributed by atoms with Crippen LogP contribution in [-0.4, -0.2) is 52.9 Å². The van der Waals surface area contributed by atoms with E-state index in [4.69, 9.17) is 4.74 Å². The SMILES string of the molecule is C=C1CCC(N2Cc3cc(O[C@H]4CCCC[C@@H]4N(CC)CC)ccc3C2=O)C(=O)N1. The van der Waals surface area contributed by atoms with Crippen molar-refractivity contribution in [1.29, 1.82) is 0 Å². The number of hydrogen-bond donors (Lipinski definition) is 1. The molecule has 6 heteroatoms. The third kappa shape index (κ3) is 3.97. The first-order valence-corrected chi connectivity index (χ1v) is 11.3. The lowest BCUT2D eigenvalue weighted by molar-refractivity contribution is -0.126. The Bertz CT molecular complexity index is 833. The monoisotopic (exact) mass is 411 g/mol. The molecule has 0 radical (unpaired) electrons. The number of carbonyl (C=O) groups excluding carboxylic acids is 2. The molecule has 4 rings (SSSR count). The van der Waals surface area contributed by atoms with Crippen molar-refractivity contribution in [1.82, 2.24) is 15.1 Å². The van der Waals surface area contributed by atoms with E-state index in [-0.39, 0.29) is 17.9 Å². The fraction of sp³-hybridized carbons (Fsp3) is 0.583. The molecule has 1 saturated heterocycles. The van der Waals surface area contributed by atoms with Gasteiger partial charge in [0.15, 0.2) is 0 Å². The maximum Gasteiger partial charge on any atom is 0.255 e. The van der Waals surface area contributed by atoms with Gasteiger partial charge in [-0.15, -0.1) is 0 Å². The van der Waals surface area contributed by atoms with Crippen molar-refractivity contribution in [3.63, 3.8) is 0 Å². The normalized spacial score (nSPS) is 26.7. The summed E-state index contributed by atoms with van der Waals surface area (Å²) in [6.45, 7) is 10.8. The molecule has 1 aliphatic carbocycles. The van der Waals surface area contributed by atoms with Crippen LogP contribution in [0.2, 0.25) is 0 Å². The number of rotatable bonds is 6. The average Bonchev–Trinajstić information content (AvgIpc) is 3.06. The summed E-state index contributed by atoms with van der Waals surface area (Å²) in [4.78, 5) is 29.5. The van der Waals surface area contributed by atoms with E-state index < -0.39 is 6.04 Å². The fourth-order valence-corrected chi connectivity index (χ4v) is 5.20. The summed E-state index contributed by atoms with van der Waals surface area (Å²) in [5.74, 6) is 0.630. The highest BCUT2D eigenvalue weighted by molar-refractivity contribution is 6.01. The minimum Gasteiger partial charge on any atom is -0.489 e. The number of fused-ring (bicyclic) bond motifs is 1. The first-order chi connectivity index (χ1) is 14.5. The zero-order chi connectivity index (χ0) is 21.3. The maximum absolute atomic E-state index is 12.9. The summed E-state index contributed by atoms with van der Waals surface area (Å²) in [5, 5.41) is 2.79. The summed E-state index contributed by atoms with van der Waals surface area (Å²) in [5.41, 5.74) is 2.36. The molecule has 2 aliphatic heterocycles. The highest BCUT2D eigenvalue weighted by Crippen LogP contribution is 2.33. The van der Waals surface area contributed by atoms with Crippen LogP contribution in [0.3, 0.4) is 0 Å². The number of benzene rings is 1. The molecule has 1 N–H and O–H groups in total. The van der Waals surface area contributed by atoms with Crippen molar-refractivity contribution in [3.8, 4) is 5.75 Å². The topological polar surface area (TPSA) is 61.9 Å². The van der Waals surface area contributed by atoms with Crippen molar-refractivity contribution in [3.05, 3.63) is 41.6 Å². The minimum absolute atomic E-state index is 0.0668. The largest absolute Gasteiger partial charge is 0.489 e. The van der Waals surface area contributed by atoms with Gasteiger partial charge in [-0.1, -0.05) is 26.8 Å². The van der Waals surface area contributed by atoms with Crippen LogP contribution in [0.25, 0.3) is 0 Å². The van der Waals surface area contributed by atoms with Gasteiger partial charge in [0, 0.05) is 23.8 Å². The van der Waals surface area contributed by atoms with Gasteiger partial charge in [-0.05, 0) is 69.0 Å². The van der Waals surface area contributed by atoms with E-state index in [1.165, 1.54) is 19.3 Å². The van der Waals surface area contributed by atoms with Gasteiger partial charge in [-0.3, -0.25) is 14.5 Å². The first kappa shape index (κ1) is 20.9. The van der Waals surface area contributed by atoms with E-state index in [0.29, 0.717) is 31.0 Å². The molecule has 1 aromatic carbocycles. The maximum atomic E-state index is 12.9. The summed E-state index contributed by atoms with van der Waals surface area (Å²) in [6.07, 6.45) is 6.20. The second-order valence-corrected chi connectivity index (χ2v) is 8.63. The van der Waals surface area contributed by atoms with Gasteiger partial charge in [-0.25, -0.2) is 0 Å². The Kier molecular flexibility index (Phi) is 6.14. The number of hydrogen-bond acceptors (Lipinski definition) is 4. The number of piperidine rings is 1. The molecule has 2 amide bonds.